The molecule has 1 aromatic rings. The summed E-state index contributed by atoms with van der Waals surface area (Å²) in [5.41, 5.74) is 0.251. The highest BCUT2D eigenvalue weighted by atomic mass is 16.7. The Hall–Kier alpha value is -1.62. The number of ether oxygens (including phenoxy) is 5. The third kappa shape index (κ3) is 3.14. The van der Waals surface area contributed by atoms with Gasteiger partial charge in [-0.3, -0.25) is 0 Å². The zero-order valence-corrected chi connectivity index (χ0v) is 14.5. The van der Waals surface area contributed by atoms with E-state index in [0.29, 0.717) is 5.75 Å². The largest absolute Gasteiger partial charge is 0.493 e. The summed E-state index contributed by atoms with van der Waals surface area (Å²) in [5, 5.41) is 40.1. The van der Waals surface area contributed by atoms with Gasteiger partial charge in [0.1, 0.15) is 24.4 Å². The molecule has 142 valence electrons. The van der Waals surface area contributed by atoms with E-state index < -0.39 is 36.8 Å². The van der Waals surface area contributed by atoms with Crippen molar-refractivity contribution in [3.05, 3.63) is 17.7 Å². The van der Waals surface area contributed by atoms with E-state index in [0.717, 1.165) is 0 Å². The molecule has 2 rings (SSSR count). The second-order valence-electron chi connectivity index (χ2n) is 5.55. The summed E-state index contributed by atoms with van der Waals surface area (Å²) in [7, 11) is 5.56. The van der Waals surface area contributed by atoms with E-state index in [2.05, 4.69) is 0 Å². The van der Waals surface area contributed by atoms with Crippen LogP contribution in [-0.2, 0) is 15.3 Å². The summed E-state index contributed by atoms with van der Waals surface area (Å²) in [6.45, 7) is -0.583. The van der Waals surface area contributed by atoms with Crippen LogP contribution in [0.2, 0.25) is 0 Å². The highest BCUT2D eigenvalue weighted by Crippen LogP contribution is 2.45. The second-order valence-corrected chi connectivity index (χ2v) is 5.55. The summed E-state index contributed by atoms with van der Waals surface area (Å²) < 4.78 is 26.8. The molecule has 25 heavy (non-hydrogen) atoms. The van der Waals surface area contributed by atoms with Gasteiger partial charge in [0.2, 0.25) is 11.5 Å². The van der Waals surface area contributed by atoms with Crippen molar-refractivity contribution >= 4 is 0 Å². The summed E-state index contributed by atoms with van der Waals surface area (Å²) in [5.74, 6) is -0.973. The van der Waals surface area contributed by atoms with Gasteiger partial charge in [0.05, 0.1) is 27.9 Å². The predicted molar refractivity (Wildman–Crippen MR) is 84.8 cm³/mol. The molecule has 1 aliphatic rings. The van der Waals surface area contributed by atoms with Crippen LogP contribution < -0.4 is 14.2 Å². The first-order chi connectivity index (χ1) is 11.9. The summed E-state index contributed by atoms with van der Waals surface area (Å²) in [6.07, 6.45) is -5.90. The normalized spacial score (nSPS) is 32.3. The summed E-state index contributed by atoms with van der Waals surface area (Å²) in [6, 6.07) is 2.99. The molecule has 0 unspecified atom stereocenters. The minimum Gasteiger partial charge on any atom is -0.493 e. The Morgan fingerprint density at radius 2 is 1.52 bits per heavy atom. The van der Waals surface area contributed by atoms with E-state index in [9.17, 15) is 20.4 Å². The molecular weight excluding hydrogens is 336 g/mol. The number of aliphatic hydroxyl groups is 4. The van der Waals surface area contributed by atoms with E-state index in [1.807, 2.05) is 0 Å². The molecule has 1 saturated heterocycles. The summed E-state index contributed by atoms with van der Waals surface area (Å²) >= 11 is 0. The Morgan fingerprint density at radius 3 is 1.92 bits per heavy atom. The second kappa shape index (κ2) is 7.73. The van der Waals surface area contributed by atoms with Crippen molar-refractivity contribution in [2.75, 3.05) is 35.0 Å². The fraction of sp³-hybridized carbons (Fsp3) is 0.625. The van der Waals surface area contributed by atoms with Crippen molar-refractivity contribution in [3.8, 4) is 17.2 Å². The Labute approximate surface area is 145 Å². The number of hydrogen-bond acceptors (Lipinski definition) is 9. The van der Waals surface area contributed by atoms with Crippen molar-refractivity contribution in [1.29, 1.82) is 0 Å². The van der Waals surface area contributed by atoms with Crippen LogP contribution in [0.5, 0.6) is 17.2 Å². The first kappa shape index (κ1) is 19.7. The maximum atomic E-state index is 10.5. The highest BCUT2D eigenvalue weighted by molar-refractivity contribution is 5.55. The smallest absolute Gasteiger partial charge is 0.225 e. The molecule has 1 aromatic carbocycles. The minimum atomic E-state index is -1.86. The molecule has 0 amide bonds. The molecule has 0 saturated carbocycles. The van der Waals surface area contributed by atoms with E-state index in [1.165, 1.54) is 40.6 Å². The van der Waals surface area contributed by atoms with Gasteiger partial charge >= 0.3 is 0 Å². The molecule has 0 bridgehead atoms. The molecule has 0 radical (unpaired) electrons. The topological polar surface area (TPSA) is 127 Å². The molecule has 1 aliphatic heterocycles. The maximum Gasteiger partial charge on any atom is 0.225 e. The Balaban J connectivity index is 2.62. The molecule has 1 heterocycles. The van der Waals surface area contributed by atoms with Gasteiger partial charge in [-0.05, 0) is 12.1 Å². The molecule has 0 spiro atoms. The lowest BCUT2D eigenvalue weighted by Crippen LogP contribution is -2.64. The van der Waals surface area contributed by atoms with Gasteiger partial charge < -0.3 is 44.1 Å². The van der Waals surface area contributed by atoms with Gasteiger partial charge in [-0.2, -0.15) is 0 Å². The molecular formula is C16H24O9. The molecule has 9 nitrogen and oxygen atoms in total. The predicted octanol–water partition coefficient (Wildman–Crippen LogP) is -1.01. The highest BCUT2D eigenvalue weighted by Gasteiger charge is 2.55. The van der Waals surface area contributed by atoms with Gasteiger partial charge in [-0.15, -0.1) is 0 Å². The Bertz CT molecular complexity index is 566. The van der Waals surface area contributed by atoms with Crippen LogP contribution in [0.15, 0.2) is 12.1 Å². The van der Waals surface area contributed by atoms with Crippen LogP contribution in [0.25, 0.3) is 0 Å². The van der Waals surface area contributed by atoms with Gasteiger partial charge in [-0.25, -0.2) is 0 Å². The van der Waals surface area contributed by atoms with Crippen LogP contribution in [-0.4, -0.2) is 79.9 Å². The number of benzene rings is 1. The van der Waals surface area contributed by atoms with Crippen molar-refractivity contribution in [2.45, 2.75) is 30.2 Å². The maximum absolute atomic E-state index is 10.5. The van der Waals surface area contributed by atoms with Crippen LogP contribution in [0, 0.1) is 0 Å². The van der Waals surface area contributed by atoms with Gasteiger partial charge in [0.25, 0.3) is 0 Å². The average molecular weight is 360 g/mol. The minimum absolute atomic E-state index is 0.251. The third-order valence-corrected chi connectivity index (χ3v) is 4.32. The standard InChI is InChI=1S/C16H24O9/c1-21-9-5-8(6-10(22-2)14(9)23-3)16(24-4)15(20)13(19)12(18)11(7-17)25-16/h5-6,11-13,15,17-20H,7H2,1-4H3/t11-,12-,13+,15-,16+/m1/s1. The molecule has 0 aromatic heterocycles. The molecule has 1 fully saturated rings. The van der Waals surface area contributed by atoms with Crippen molar-refractivity contribution in [3.63, 3.8) is 0 Å². The van der Waals surface area contributed by atoms with E-state index in [4.69, 9.17) is 23.7 Å². The van der Waals surface area contributed by atoms with Crippen molar-refractivity contribution in [2.24, 2.45) is 0 Å². The fourth-order valence-corrected chi connectivity index (χ4v) is 2.95. The molecule has 9 heteroatoms. The number of hydrogen-bond donors (Lipinski definition) is 4. The molecule has 0 aliphatic carbocycles. The van der Waals surface area contributed by atoms with Crippen LogP contribution in [0.1, 0.15) is 5.56 Å². The Kier molecular flexibility index (Phi) is 6.09. The lowest BCUT2D eigenvalue weighted by Gasteiger charge is -2.47. The van der Waals surface area contributed by atoms with Gasteiger partial charge in [0.15, 0.2) is 11.5 Å². The van der Waals surface area contributed by atoms with Crippen molar-refractivity contribution < 1.29 is 44.1 Å². The first-order valence-electron chi connectivity index (χ1n) is 7.58. The number of aliphatic hydroxyl groups excluding tert-OH is 4. The van der Waals surface area contributed by atoms with Crippen LogP contribution >= 0.6 is 0 Å². The van der Waals surface area contributed by atoms with Gasteiger partial charge in [0, 0.05) is 12.7 Å². The van der Waals surface area contributed by atoms with Crippen LogP contribution in [0.4, 0.5) is 0 Å². The number of methoxy groups -OCH3 is 4. The van der Waals surface area contributed by atoms with E-state index in [1.54, 1.807) is 0 Å². The number of rotatable bonds is 6. The van der Waals surface area contributed by atoms with Crippen LogP contribution in [0.3, 0.4) is 0 Å². The lowest BCUT2D eigenvalue weighted by atomic mass is 9.87. The van der Waals surface area contributed by atoms with Gasteiger partial charge in [-0.1, -0.05) is 0 Å². The zero-order chi connectivity index (χ0) is 18.8. The monoisotopic (exact) mass is 360 g/mol. The molecule has 5 atom stereocenters. The summed E-state index contributed by atoms with van der Waals surface area (Å²) in [4.78, 5) is 0. The lowest BCUT2D eigenvalue weighted by molar-refractivity contribution is -0.366. The first-order valence-corrected chi connectivity index (χ1v) is 7.58. The van der Waals surface area contributed by atoms with E-state index >= 15 is 0 Å². The SMILES string of the molecule is COc1cc([C@]2(OC)O[C@H](CO)[C@@H](O)[C@H](O)[C@H]2O)cc(OC)c1OC. The van der Waals surface area contributed by atoms with E-state index in [-0.39, 0.29) is 17.1 Å². The molecule has 4 N–H and O–H groups in total. The van der Waals surface area contributed by atoms with Crippen molar-refractivity contribution in [1.82, 2.24) is 0 Å². The Morgan fingerprint density at radius 1 is 0.960 bits per heavy atom. The zero-order valence-electron chi connectivity index (χ0n) is 14.5. The average Bonchev–Trinajstić information content (AvgIpc) is 2.65. The quantitative estimate of drug-likeness (QED) is 0.504. The third-order valence-electron chi connectivity index (χ3n) is 4.32. The fourth-order valence-electron chi connectivity index (χ4n) is 2.95.